The van der Waals surface area contributed by atoms with Crippen molar-refractivity contribution in [3.05, 3.63) is 54.9 Å². The quantitative estimate of drug-likeness (QED) is 0.716. The van der Waals surface area contributed by atoms with Crippen LogP contribution in [0.15, 0.2) is 54.9 Å². The summed E-state index contributed by atoms with van der Waals surface area (Å²) in [7, 11) is -1.15. The molecule has 2 heterocycles. The highest BCUT2D eigenvalue weighted by atomic mass is 28.3. The molecule has 2 aliphatic rings. The SMILES string of the molecule is C[C@H]1N(C)C=CN1c1ccc2c(c1)[Si](C)(C)c1ccccc1[Si]2(C)C. The Balaban J connectivity index is 1.90. The summed E-state index contributed by atoms with van der Waals surface area (Å²) in [6.07, 6.45) is 4.75. The van der Waals surface area contributed by atoms with Crippen molar-refractivity contribution < 1.29 is 0 Å². The van der Waals surface area contributed by atoms with Gasteiger partial charge >= 0.3 is 0 Å². The van der Waals surface area contributed by atoms with Crippen LogP contribution in [0.4, 0.5) is 5.69 Å². The van der Waals surface area contributed by atoms with E-state index in [4.69, 9.17) is 0 Å². The Morgan fingerprint density at radius 1 is 0.760 bits per heavy atom. The first kappa shape index (κ1) is 16.7. The summed E-state index contributed by atoms with van der Waals surface area (Å²) in [6, 6.07) is 16.5. The molecule has 0 aliphatic carbocycles. The van der Waals surface area contributed by atoms with E-state index in [2.05, 4.69) is 105 Å². The summed E-state index contributed by atoms with van der Waals surface area (Å²) < 4.78 is 0. The van der Waals surface area contributed by atoms with Crippen molar-refractivity contribution in [1.29, 1.82) is 0 Å². The Hall–Kier alpha value is -1.79. The number of benzene rings is 2. The highest BCUT2D eigenvalue weighted by molar-refractivity contribution is 7.16. The van der Waals surface area contributed by atoms with Gasteiger partial charge in [-0.05, 0) is 19.1 Å². The lowest BCUT2D eigenvalue weighted by Crippen LogP contribution is -2.77. The predicted octanol–water partition coefficient (Wildman–Crippen LogP) is 2.21. The van der Waals surface area contributed by atoms with Crippen LogP contribution in [-0.4, -0.2) is 34.3 Å². The molecule has 0 amide bonds. The van der Waals surface area contributed by atoms with Crippen molar-refractivity contribution in [2.24, 2.45) is 0 Å². The first-order chi connectivity index (χ1) is 11.7. The molecule has 0 saturated heterocycles. The second kappa shape index (κ2) is 5.35. The van der Waals surface area contributed by atoms with Gasteiger partial charge in [-0.3, -0.25) is 0 Å². The van der Waals surface area contributed by atoms with E-state index in [1.54, 1.807) is 20.7 Å². The Kier molecular flexibility index (Phi) is 3.57. The fourth-order valence-electron chi connectivity index (χ4n) is 4.54. The summed E-state index contributed by atoms with van der Waals surface area (Å²) in [5.41, 5.74) is 1.33. The van der Waals surface area contributed by atoms with Crippen LogP contribution >= 0.6 is 0 Å². The summed E-state index contributed by atoms with van der Waals surface area (Å²) in [5, 5.41) is 6.60. The molecule has 2 aromatic rings. The predicted molar refractivity (Wildman–Crippen MR) is 115 cm³/mol. The first-order valence-corrected chi connectivity index (χ1v) is 15.2. The average molecular weight is 365 g/mol. The number of hydrogen-bond donors (Lipinski definition) is 0. The van der Waals surface area contributed by atoms with Crippen LogP contribution in [-0.2, 0) is 0 Å². The maximum Gasteiger partial charge on any atom is 0.112 e. The molecule has 1 atom stereocenters. The van der Waals surface area contributed by atoms with E-state index < -0.39 is 16.1 Å². The van der Waals surface area contributed by atoms with Gasteiger partial charge in [0, 0.05) is 25.1 Å². The van der Waals surface area contributed by atoms with Gasteiger partial charge in [0.15, 0.2) is 0 Å². The van der Waals surface area contributed by atoms with Gasteiger partial charge in [0.25, 0.3) is 0 Å². The van der Waals surface area contributed by atoms with Crippen LogP contribution < -0.4 is 25.6 Å². The molecule has 0 bridgehead atoms. The zero-order valence-corrected chi connectivity index (χ0v) is 18.2. The molecule has 4 rings (SSSR count). The van der Waals surface area contributed by atoms with Gasteiger partial charge in [0.1, 0.15) is 22.3 Å². The molecule has 0 aromatic heterocycles. The van der Waals surface area contributed by atoms with Crippen molar-refractivity contribution in [3.63, 3.8) is 0 Å². The van der Waals surface area contributed by atoms with Crippen molar-refractivity contribution in [1.82, 2.24) is 4.90 Å². The minimum absolute atomic E-state index is 0.379. The van der Waals surface area contributed by atoms with Crippen LogP contribution in [0, 0.1) is 0 Å². The smallest absolute Gasteiger partial charge is 0.112 e. The standard InChI is InChI=1S/C21H28N2Si2/c1-16-22(2)13-14-23(16)17-11-12-20-21(15-17)25(5,6)19-10-8-7-9-18(19)24(20,3)4/h7-16H,1-6H3/t16-/m0/s1. The number of anilines is 1. The molecule has 0 radical (unpaired) electrons. The maximum atomic E-state index is 2.52. The van der Waals surface area contributed by atoms with Crippen LogP contribution in [0.5, 0.6) is 0 Å². The van der Waals surface area contributed by atoms with E-state index >= 15 is 0 Å². The number of hydrogen-bond acceptors (Lipinski definition) is 2. The molecule has 2 nitrogen and oxygen atoms in total. The van der Waals surface area contributed by atoms with E-state index in [1.807, 2.05) is 0 Å². The Labute approximate surface area is 153 Å². The van der Waals surface area contributed by atoms with Gasteiger partial charge in [-0.2, -0.15) is 0 Å². The van der Waals surface area contributed by atoms with E-state index in [1.165, 1.54) is 5.69 Å². The van der Waals surface area contributed by atoms with Crippen LogP contribution in [0.1, 0.15) is 6.92 Å². The molecule has 0 spiro atoms. The minimum atomic E-state index is -1.67. The largest absolute Gasteiger partial charge is 0.359 e. The molecule has 0 fully saturated rings. The number of rotatable bonds is 1. The molecule has 25 heavy (non-hydrogen) atoms. The van der Waals surface area contributed by atoms with Crippen LogP contribution in [0.3, 0.4) is 0 Å². The summed E-state index contributed by atoms with van der Waals surface area (Å²) in [4.78, 5) is 4.65. The lowest BCUT2D eigenvalue weighted by molar-refractivity contribution is 0.383. The Bertz CT molecular complexity index is 870. The van der Waals surface area contributed by atoms with Crippen molar-refractivity contribution >= 4 is 42.6 Å². The first-order valence-electron chi connectivity index (χ1n) is 9.18. The molecular formula is C21H28N2Si2. The maximum absolute atomic E-state index is 2.52. The molecule has 130 valence electrons. The monoisotopic (exact) mass is 364 g/mol. The average Bonchev–Trinajstić information content (AvgIpc) is 2.92. The zero-order chi connectivity index (χ0) is 18.0. The third-order valence-corrected chi connectivity index (χ3v) is 14.0. The summed E-state index contributed by atoms with van der Waals surface area (Å²) >= 11 is 0. The second-order valence-corrected chi connectivity index (χ2v) is 17.2. The Morgan fingerprint density at radius 3 is 1.88 bits per heavy atom. The second-order valence-electron chi connectivity index (χ2n) is 8.53. The molecule has 2 aromatic carbocycles. The minimum Gasteiger partial charge on any atom is -0.359 e. The molecule has 0 N–H and O–H groups in total. The zero-order valence-electron chi connectivity index (χ0n) is 16.2. The van der Waals surface area contributed by atoms with Gasteiger partial charge in [0.05, 0.1) is 0 Å². The molecule has 0 saturated carbocycles. The lowest BCUT2D eigenvalue weighted by Gasteiger charge is -2.42. The van der Waals surface area contributed by atoms with Crippen molar-refractivity contribution in [3.8, 4) is 0 Å². The molecule has 2 aliphatic heterocycles. The van der Waals surface area contributed by atoms with Gasteiger partial charge in [0.2, 0.25) is 0 Å². The van der Waals surface area contributed by atoms with E-state index in [9.17, 15) is 0 Å². The third-order valence-electron chi connectivity index (χ3n) is 6.38. The highest BCUT2D eigenvalue weighted by Crippen LogP contribution is 2.24. The van der Waals surface area contributed by atoms with E-state index in [-0.39, 0.29) is 0 Å². The number of fused-ring (bicyclic) bond motifs is 2. The topological polar surface area (TPSA) is 6.48 Å². The van der Waals surface area contributed by atoms with Gasteiger partial charge in [-0.1, -0.05) is 77.3 Å². The fourth-order valence-corrected chi connectivity index (χ4v) is 13.9. The third kappa shape index (κ3) is 2.27. The summed E-state index contributed by atoms with van der Waals surface area (Å²) in [6.45, 7) is 12.3. The van der Waals surface area contributed by atoms with Crippen LogP contribution in [0.25, 0.3) is 0 Å². The van der Waals surface area contributed by atoms with Crippen molar-refractivity contribution in [2.75, 3.05) is 11.9 Å². The van der Waals surface area contributed by atoms with Crippen molar-refractivity contribution in [2.45, 2.75) is 39.3 Å². The fraction of sp³-hybridized carbons (Fsp3) is 0.333. The number of nitrogens with zero attached hydrogens (tertiary/aromatic N) is 2. The molecule has 0 unspecified atom stereocenters. The van der Waals surface area contributed by atoms with E-state index in [0.717, 1.165) is 0 Å². The normalized spacial score (nSPS) is 22.7. The lowest BCUT2D eigenvalue weighted by atomic mass is 10.3. The molecule has 4 heteroatoms. The van der Waals surface area contributed by atoms with Gasteiger partial charge in [-0.25, -0.2) is 0 Å². The summed E-state index contributed by atoms with van der Waals surface area (Å²) in [5.74, 6) is 0. The van der Waals surface area contributed by atoms with E-state index in [0.29, 0.717) is 6.17 Å². The van der Waals surface area contributed by atoms with Gasteiger partial charge < -0.3 is 9.80 Å². The Morgan fingerprint density at radius 2 is 1.32 bits per heavy atom. The van der Waals surface area contributed by atoms with Crippen LogP contribution in [0.2, 0.25) is 26.2 Å². The van der Waals surface area contributed by atoms with Gasteiger partial charge in [-0.15, -0.1) is 0 Å². The highest BCUT2D eigenvalue weighted by Gasteiger charge is 2.44. The molecular weight excluding hydrogens is 336 g/mol.